The van der Waals surface area contributed by atoms with Crippen LogP contribution in [-0.4, -0.2) is 19.9 Å². The minimum absolute atomic E-state index is 0.0534. The van der Waals surface area contributed by atoms with Crippen LogP contribution in [-0.2, 0) is 6.18 Å². The molecule has 0 aliphatic heterocycles. The molecule has 2 aromatic carbocycles. The van der Waals surface area contributed by atoms with Gasteiger partial charge in [0.2, 0.25) is 0 Å². The number of nitrogens with zero attached hydrogens (tertiary/aromatic N) is 1. The highest BCUT2D eigenvalue weighted by Gasteiger charge is 2.30. The second kappa shape index (κ2) is 7.65. The summed E-state index contributed by atoms with van der Waals surface area (Å²) in [4.78, 5) is 0. The average Bonchev–Trinajstić information content (AvgIpc) is 2.59. The lowest BCUT2D eigenvalue weighted by molar-refractivity contribution is -0.137. The molecule has 1 N–H and O–H groups in total. The molecule has 0 heterocycles. The molecule has 0 fully saturated rings. The predicted molar refractivity (Wildman–Crippen MR) is 91.8 cm³/mol. The van der Waals surface area contributed by atoms with Gasteiger partial charge in [0, 0.05) is 5.56 Å². The maximum Gasteiger partial charge on any atom is 0.416 e. The van der Waals surface area contributed by atoms with Gasteiger partial charge in [0.25, 0.3) is 0 Å². The van der Waals surface area contributed by atoms with Gasteiger partial charge in [0.1, 0.15) is 11.5 Å². The molecule has 4 nitrogen and oxygen atoms in total. The predicted octanol–water partition coefficient (Wildman–Crippen LogP) is 5.21. The molecule has 0 atom stereocenters. The molecule has 2 aromatic rings. The SMILES string of the molecule is COc1ccc(OC)c(/C(C)=N/Nc2cc(C(F)(F)F)ccc2Cl)c1. The Bertz CT molecular complexity index is 792. The number of benzene rings is 2. The van der Waals surface area contributed by atoms with E-state index < -0.39 is 11.7 Å². The van der Waals surface area contributed by atoms with E-state index in [-0.39, 0.29) is 10.7 Å². The second-order valence-corrected chi connectivity index (χ2v) is 5.47. The van der Waals surface area contributed by atoms with Crippen LogP contribution < -0.4 is 14.9 Å². The molecule has 0 saturated heterocycles. The van der Waals surface area contributed by atoms with E-state index >= 15 is 0 Å². The maximum absolute atomic E-state index is 12.8. The molecule has 8 heteroatoms. The summed E-state index contributed by atoms with van der Waals surface area (Å²) in [6, 6.07) is 8.14. The molecule has 0 aromatic heterocycles. The molecule has 134 valence electrons. The number of alkyl halides is 3. The molecule has 0 aliphatic rings. The van der Waals surface area contributed by atoms with Crippen LogP contribution in [0.15, 0.2) is 41.5 Å². The quantitative estimate of drug-likeness (QED) is 0.578. The molecular formula is C17H16ClF3N2O2. The van der Waals surface area contributed by atoms with Crippen molar-refractivity contribution in [2.45, 2.75) is 13.1 Å². The number of hydrogen-bond acceptors (Lipinski definition) is 4. The van der Waals surface area contributed by atoms with Crippen LogP contribution in [0.3, 0.4) is 0 Å². The van der Waals surface area contributed by atoms with Gasteiger partial charge >= 0.3 is 6.18 Å². The molecule has 0 amide bonds. The lowest BCUT2D eigenvalue weighted by Gasteiger charge is -2.12. The third-order valence-electron chi connectivity index (χ3n) is 3.43. The molecule has 0 radical (unpaired) electrons. The lowest BCUT2D eigenvalue weighted by Crippen LogP contribution is -2.06. The second-order valence-electron chi connectivity index (χ2n) is 5.07. The van der Waals surface area contributed by atoms with Gasteiger partial charge in [-0.05, 0) is 43.3 Å². The van der Waals surface area contributed by atoms with E-state index in [1.165, 1.54) is 20.3 Å². The van der Waals surface area contributed by atoms with Crippen molar-refractivity contribution in [2.75, 3.05) is 19.6 Å². The summed E-state index contributed by atoms with van der Waals surface area (Å²) in [7, 11) is 3.04. The highest BCUT2D eigenvalue weighted by Crippen LogP contribution is 2.34. The monoisotopic (exact) mass is 372 g/mol. The van der Waals surface area contributed by atoms with Gasteiger partial charge in [0.05, 0.1) is 36.2 Å². The Morgan fingerprint density at radius 3 is 2.40 bits per heavy atom. The van der Waals surface area contributed by atoms with Crippen molar-refractivity contribution >= 4 is 23.0 Å². The smallest absolute Gasteiger partial charge is 0.416 e. The van der Waals surface area contributed by atoms with E-state index in [4.69, 9.17) is 21.1 Å². The van der Waals surface area contributed by atoms with Crippen LogP contribution in [0.25, 0.3) is 0 Å². The fraction of sp³-hybridized carbons (Fsp3) is 0.235. The number of nitrogens with one attached hydrogen (secondary N) is 1. The summed E-state index contributed by atoms with van der Waals surface area (Å²) in [5.41, 5.74) is 2.94. The van der Waals surface area contributed by atoms with Gasteiger partial charge < -0.3 is 9.47 Å². The first-order valence-corrected chi connectivity index (χ1v) is 7.53. The fourth-order valence-electron chi connectivity index (χ4n) is 2.09. The lowest BCUT2D eigenvalue weighted by atomic mass is 10.1. The zero-order valence-electron chi connectivity index (χ0n) is 13.7. The normalized spacial score (nSPS) is 12.0. The van der Waals surface area contributed by atoms with Crippen LogP contribution in [0.2, 0.25) is 5.02 Å². The minimum atomic E-state index is -4.46. The van der Waals surface area contributed by atoms with Gasteiger partial charge in [-0.3, -0.25) is 5.43 Å². The minimum Gasteiger partial charge on any atom is -0.497 e. The Balaban J connectivity index is 2.33. The van der Waals surface area contributed by atoms with Crippen molar-refractivity contribution in [1.82, 2.24) is 0 Å². The van der Waals surface area contributed by atoms with Crippen molar-refractivity contribution < 1.29 is 22.6 Å². The van der Waals surface area contributed by atoms with Gasteiger partial charge in [-0.1, -0.05) is 11.6 Å². The Hall–Kier alpha value is -2.41. The Morgan fingerprint density at radius 1 is 1.08 bits per heavy atom. The van der Waals surface area contributed by atoms with Crippen molar-refractivity contribution in [3.8, 4) is 11.5 Å². The van der Waals surface area contributed by atoms with Gasteiger partial charge in [-0.25, -0.2) is 0 Å². The first-order valence-electron chi connectivity index (χ1n) is 7.15. The van der Waals surface area contributed by atoms with E-state index in [9.17, 15) is 13.2 Å². The van der Waals surface area contributed by atoms with Crippen LogP contribution in [0.5, 0.6) is 11.5 Å². The van der Waals surface area contributed by atoms with E-state index in [0.717, 1.165) is 12.1 Å². The topological polar surface area (TPSA) is 42.9 Å². The van der Waals surface area contributed by atoms with Crippen molar-refractivity contribution in [1.29, 1.82) is 0 Å². The summed E-state index contributed by atoms with van der Waals surface area (Å²) in [5.74, 6) is 1.15. The van der Waals surface area contributed by atoms with Crippen molar-refractivity contribution in [2.24, 2.45) is 5.10 Å². The van der Waals surface area contributed by atoms with Crippen LogP contribution in [0.1, 0.15) is 18.1 Å². The number of ether oxygens (including phenoxy) is 2. The summed E-state index contributed by atoms with van der Waals surface area (Å²) in [6.45, 7) is 1.69. The number of hydrazone groups is 1. The number of anilines is 1. The van der Waals surface area contributed by atoms with Gasteiger partial charge in [-0.2, -0.15) is 18.3 Å². The summed E-state index contributed by atoms with van der Waals surface area (Å²) < 4.78 is 48.9. The molecule has 0 saturated carbocycles. The molecule has 2 rings (SSSR count). The third-order valence-corrected chi connectivity index (χ3v) is 3.76. The summed E-state index contributed by atoms with van der Waals surface area (Å²) in [5, 5.41) is 4.24. The first kappa shape index (κ1) is 18.9. The Labute approximate surface area is 148 Å². The fourth-order valence-corrected chi connectivity index (χ4v) is 2.25. The van der Waals surface area contributed by atoms with E-state index in [1.54, 1.807) is 25.1 Å². The molecule has 0 spiro atoms. The number of rotatable bonds is 5. The summed E-state index contributed by atoms with van der Waals surface area (Å²) >= 11 is 5.94. The zero-order chi connectivity index (χ0) is 18.6. The zero-order valence-corrected chi connectivity index (χ0v) is 14.5. The van der Waals surface area contributed by atoms with Crippen LogP contribution in [0, 0.1) is 0 Å². The van der Waals surface area contributed by atoms with E-state index in [1.807, 2.05) is 0 Å². The van der Waals surface area contributed by atoms with Crippen molar-refractivity contribution in [3.05, 3.63) is 52.5 Å². The maximum atomic E-state index is 12.8. The largest absolute Gasteiger partial charge is 0.497 e. The van der Waals surface area contributed by atoms with E-state index in [2.05, 4.69) is 10.5 Å². The molecule has 0 bridgehead atoms. The molecular weight excluding hydrogens is 357 g/mol. The third kappa shape index (κ3) is 4.57. The van der Waals surface area contributed by atoms with Crippen molar-refractivity contribution in [3.63, 3.8) is 0 Å². The van der Waals surface area contributed by atoms with Crippen LogP contribution in [0.4, 0.5) is 18.9 Å². The molecule has 0 aliphatic carbocycles. The van der Waals surface area contributed by atoms with Crippen LogP contribution >= 0.6 is 11.6 Å². The Morgan fingerprint density at radius 2 is 1.80 bits per heavy atom. The van der Waals surface area contributed by atoms with Gasteiger partial charge in [-0.15, -0.1) is 0 Å². The highest BCUT2D eigenvalue weighted by atomic mass is 35.5. The standard InChI is InChI=1S/C17H16ClF3N2O2/c1-10(13-9-12(24-2)5-7-16(13)25-3)22-23-15-8-11(17(19,20)21)4-6-14(15)18/h4-9,23H,1-3H3/b22-10+. The molecule has 25 heavy (non-hydrogen) atoms. The highest BCUT2D eigenvalue weighted by molar-refractivity contribution is 6.33. The Kier molecular flexibility index (Phi) is 5.79. The summed E-state index contributed by atoms with van der Waals surface area (Å²) in [6.07, 6.45) is -4.46. The number of hydrogen-bond donors (Lipinski definition) is 1. The first-order chi connectivity index (χ1) is 11.8. The number of halogens is 4. The average molecular weight is 373 g/mol. The van der Waals surface area contributed by atoms with Gasteiger partial charge in [0.15, 0.2) is 0 Å². The molecule has 0 unspecified atom stereocenters. The van der Waals surface area contributed by atoms with E-state index in [0.29, 0.717) is 22.8 Å². The number of methoxy groups -OCH3 is 2.